The lowest BCUT2D eigenvalue weighted by Gasteiger charge is -2.13. The van der Waals surface area contributed by atoms with Crippen LogP contribution >= 0.6 is 0 Å². The lowest BCUT2D eigenvalue weighted by atomic mass is 10.1. The van der Waals surface area contributed by atoms with Crippen molar-refractivity contribution < 1.29 is 27.4 Å². The standard InChI is InChI=1S/C21H15F3N4O3/c1-30-16-5-4-11(15-10-28-7-3-6-25-21(28)27-15)8-14(16)26-20(29)12-9-13(22)18(24)19(31-2)17(12)23/h3-10H,1-2H3,(H,26,29). The normalized spacial score (nSPS) is 10.9. The van der Waals surface area contributed by atoms with E-state index in [2.05, 4.69) is 20.0 Å². The number of carbonyl (C=O) groups is 1. The Morgan fingerprint density at radius 1 is 1.10 bits per heavy atom. The summed E-state index contributed by atoms with van der Waals surface area (Å²) in [5, 5.41) is 2.46. The number of fused-ring (bicyclic) bond motifs is 1. The number of methoxy groups -OCH3 is 2. The van der Waals surface area contributed by atoms with Gasteiger partial charge in [-0.25, -0.2) is 18.7 Å². The molecule has 2 aromatic carbocycles. The number of rotatable bonds is 5. The van der Waals surface area contributed by atoms with E-state index in [1.54, 1.807) is 47.3 Å². The Hall–Kier alpha value is -4.08. The first-order chi connectivity index (χ1) is 14.9. The molecule has 4 rings (SSSR count). The summed E-state index contributed by atoms with van der Waals surface area (Å²) in [6, 6.07) is 7.09. The van der Waals surface area contributed by atoms with E-state index >= 15 is 0 Å². The van der Waals surface area contributed by atoms with Crippen LogP contribution < -0.4 is 14.8 Å². The molecule has 0 bridgehead atoms. The zero-order valence-corrected chi connectivity index (χ0v) is 16.3. The molecule has 2 aromatic heterocycles. The first-order valence-corrected chi connectivity index (χ1v) is 8.94. The van der Waals surface area contributed by atoms with Crippen LogP contribution in [0.25, 0.3) is 17.0 Å². The maximum Gasteiger partial charge on any atom is 0.258 e. The van der Waals surface area contributed by atoms with Crippen molar-refractivity contribution in [1.29, 1.82) is 0 Å². The third-order valence-electron chi connectivity index (χ3n) is 4.54. The number of nitrogens with zero attached hydrogens (tertiary/aromatic N) is 3. The molecule has 0 unspecified atom stereocenters. The number of aromatic nitrogens is 3. The topological polar surface area (TPSA) is 77.8 Å². The number of carbonyl (C=O) groups excluding carboxylic acids is 1. The summed E-state index contributed by atoms with van der Waals surface area (Å²) in [4.78, 5) is 21.2. The molecule has 0 spiro atoms. The van der Waals surface area contributed by atoms with E-state index in [0.29, 0.717) is 23.1 Å². The van der Waals surface area contributed by atoms with Crippen molar-refractivity contribution in [3.05, 3.63) is 71.9 Å². The molecule has 0 saturated heterocycles. The van der Waals surface area contributed by atoms with Crippen LogP contribution in [-0.4, -0.2) is 34.5 Å². The third-order valence-corrected chi connectivity index (χ3v) is 4.54. The summed E-state index contributed by atoms with van der Waals surface area (Å²) in [5.74, 6) is -5.49. The molecule has 0 aliphatic rings. The minimum absolute atomic E-state index is 0.179. The van der Waals surface area contributed by atoms with E-state index in [4.69, 9.17) is 4.74 Å². The Morgan fingerprint density at radius 2 is 1.90 bits per heavy atom. The van der Waals surface area contributed by atoms with Gasteiger partial charge in [0.15, 0.2) is 17.4 Å². The van der Waals surface area contributed by atoms with E-state index in [-0.39, 0.29) is 11.4 Å². The number of hydrogen-bond acceptors (Lipinski definition) is 5. The summed E-state index contributed by atoms with van der Waals surface area (Å²) in [6.45, 7) is 0. The summed E-state index contributed by atoms with van der Waals surface area (Å²) >= 11 is 0. The minimum atomic E-state index is -1.52. The number of hydrogen-bond donors (Lipinski definition) is 1. The van der Waals surface area contributed by atoms with Crippen molar-refractivity contribution in [3.63, 3.8) is 0 Å². The van der Waals surface area contributed by atoms with Crippen LogP contribution in [0.5, 0.6) is 11.5 Å². The van der Waals surface area contributed by atoms with Crippen LogP contribution in [-0.2, 0) is 0 Å². The highest BCUT2D eigenvalue weighted by Gasteiger charge is 2.24. The SMILES string of the molecule is COc1ccc(-c2cn3cccnc3n2)cc1NC(=O)c1cc(F)c(F)c(OC)c1F. The number of halogens is 3. The van der Waals surface area contributed by atoms with E-state index in [9.17, 15) is 18.0 Å². The highest BCUT2D eigenvalue weighted by molar-refractivity contribution is 6.05. The van der Waals surface area contributed by atoms with Gasteiger partial charge in [0, 0.05) is 24.2 Å². The largest absolute Gasteiger partial charge is 0.495 e. The van der Waals surface area contributed by atoms with Crippen molar-refractivity contribution in [2.24, 2.45) is 0 Å². The van der Waals surface area contributed by atoms with Crippen LogP contribution in [0.4, 0.5) is 18.9 Å². The monoisotopic (exact) mass is 428 g/mol. The average molecular weight is 428 g/mol. The fraction of sp³-hybridized carbons (Fsp3) is 0.0952. The van der Waals surface area contributed by atoms with Crippen LogP contribution in [0.2, 0.25) is 0 Å². The predicted octanol–water partition coefficient (Wildman–Crippen LogP) is 4.08. The maximum atomic E-state index is 14.5. The molecule has 0 aliphatic heterocycles. The maximum absolute atomic E-state index is 14.5. The van der Waals surface area contributed by atoms with Crippen molar-refractivity contribution in [1.82, 2.24) is 14.4 Å². The van der Waals surface area contributed by atoms with Crippen LogP contribution in [0, 0.1) is 17.5 Å². The Morgan fingerprint density at radius 3 is 2.61 bits per heavy atom. The van der Waals surface area contributed by atoms with Gasteiger partial charge in [0.1, 0.15) is 5.75 Å². The van der Waals surface area contributed by atoms with Crippen molar-refractivity contribution in [2.45, 2.75) is 0 Å². The molecule has 0 aliphatic carbocycles. The molecule has 7 nitrogen and oxygen atoms in total. The van der Waals surface area contributed by atoms with Gasteiger partial charge in [-0.3, -0.25) is 9.20 Å². The smallest absolute Gasteiger partial charge is 0.258 e. The van der Waals surface area contributed by atoms with Gasteiger partial charge in [-0.05, 0) is 30.3 Å². The van der Waals surface area contributed by atoms with Gasteiger partial charge >= 0.3 is 0 Å². The quantitative estimate of drug-likeness (QED) is 0.485. The zero-order valence-electron chi connectivity index (χ0n) is 16.3. The molecular formula is C21H15F3N4O3. The molecule has 1 amide bonds. The molecule has 31 heavy (non-hydrogen) atoms. The second-order valence-corrected chi connectivity index (χ2v) is 6.39. The van der Waals surface area contributed by atoms with Gasteiger partial charge in [-0.2, -0.15) is 4.39 Å². The zero-order chi connectivity index (χ0) is 22.1. The predicted molar refractivity (Wildman–Crippen MR) is 106 cm³/mol. The molecule has 4 aromatic rings. The highest BCUT2D eigenvalue weighted by Crippen LogP contribution is 2.32. The Bertz CT molecular complexity index is 1270. The van der Waals surface area contributed by atoms with E-state index in [0.717, 1.165) is 7.11 Å². The lowest BCUT2D eigenvalue weighted by Crippen LogP contribution is -2.16. The molecule has 10 heteroatoms. The Kier molecular flexibility index (Phi) is 5.20. The van der Waals surface area contributed by atoms with E-state index in [1.807, 2.05) is 0 Å². The molecule has 158 valence electrons. The molecule has 0 fully saturated rings. The number of nitrogens with one attached hydrogen (secondary N) is 1. The summed E-state index contributed by atoms with van der Waals surface area (Å²) in [5.41, 5.74) is 0.640. The molecule has 0 atom stereocenters. The van der Waals surface area contributed by atoms with Crippen molar-refractivity contribution in [3.8, 4) is 22.8 Å². The first kappa shape index (κ1) is 20.2. The second-order valence-electron chi connectivity index (χ2n) is 6.39. The Labute approximate surface area is 174 Å². The van der Waals surface area contributed by atoms with E-state index < -0.39 is 34.7 Å². The molecular weight excluding hydrogens is 413 g/mol. The fourth-order valence-corrected chi connectivity index (χ4v) is 3.05. The summed E-state index contributed by atoms with van der Waals surface area (Å²) < 4.78 is 53.4. The highest BCUT2D eigenvalue weighted by atomic mass is 19.2. The van der Waals surface area contributed by atoms with Gasteiger partial charge in [-0.15, -0.1) is 0 Å². The number of anilines is 1. The number of amides is 1. The number of ether oxygens (including phenoxy) is 2. The minimum Gasteiger partial charge on any atom is -0.495 e. The number of imidazole rings is 1. The molecule has 0 saturated carbocycles. The van der Waals surface area contributed by atoms with Gasteiger partial charge < -0.3 is 14.8 Å². The summed E-state index contributed by atoms with van der Waals surface area (Å²) in [6.07, 6.45) is 5.14. The molecule has 0 radical (unpaired) electrons. The summed E-state index contributed by atoms with van der Waals surface area (Å²) in [7, 11) is 2.36. The second kappa shape index (κ2) is 7.98. The van der Waals surface area contributed by atoms with Crippen molar-refractivity contribution >= 4 is 17.4 Å². The lowest BCUT2D eigenvalue weighted by molar-refractivity contribution is 0.102. The van der Waals surface area contributed by atoms with Crippen LogP contribution in [0.15, 0.2) is 48.9 Å². The first-order valence-electron chi connectivity index (χ1n) is 8.94. The fourth-order valence-electron chi connectivity index (χ4n) is 3.05. The van der Waals surface area contributed by atoms with Crippen molar-refractivity contribution in [2.75, 3.05) is 19.5 Å². The van der Waals surface area contributed by atoms with Gasteiger partial charge in [-0.1, -0.05) is 0 Å². The molecule has 2 heterocycles. The van der Waals surface area contributed by atoms with Crippen LogP contribution in [0.1, 0.15) is 10.4 Å². The number of benzene rings is 2. The third kappa shape index (κ3) is 3.63. The van der Waals surface area contributed by atoms with Gasteiger partial charge in [0.2, 0.25) is 11.6 Å². The van der Waals surface area contributed by atoms with Gasteiger partial charge in [0.05, 0.1) is 31.2 Å². The van der Waals surface area contributed by atoms with Crippen LogP contribution in [0.3, 0.4) is 0 Å². The van der Waals surface area contributed by atoms with Gasteiger partial charge in [0.25, 0.3) is 5.91 Å². The van der Waals surface area contributed by atoms with E-state index in [1.165, 1.54) is 7.11 Å². The average Bonchev–Trinajstić information content (AvgIpc) is 3.21. The molecule has 1 N–H and O–H groups in total. The Balaban J connectivity index is 1.72.